The smallest absolute Gasteiger partial charge is 0.0831 e. The van der Waals surface area contributed by atoms with Crippen molar-refractivity contribution in [2.75, 3.05) is 19.6 Å². The van der Waals surface area contributed by atoms with Gasteiger partial charge in [-0.2, -0.15) is 0 Å². The summed E-state index contributed by atoms with van der Waals surface area (Å²) in [5.74, 6) is 0. The second-order valence-corrected chi connectivity index (χ2v) is 4.73. The second kappa shape index (κ2) is 4.60. The molecule has 0 amide bonds. The minimum atomic E-state index is -0.157. The highest BCUT2D eigenvalue weighted by Gasteiger charge is 2.33. The molecule has 0 spiro atoms. The number of β-amino-alcohol motifs (C(OH)–C–C–N with tert-alkyl or cyclic N) is 1. The molecule has 3 nitrogen and oxygen atoms in total. The Balaban J connectivity index is 1.99. The van der Waals surface area contributed by atoms with Gasteiger partial charge in [-0.25, -0.2) is 0 Å². The predicted molar refractivity (Wildman–Crippen MR) is 57.3 cm³/mol. The van der Waals surface area contributed by atoms with Crippen molar-refractivity contribution in [1.29, 1.82) is 0 Å². The van der Waals surface area contributed by atoms with Gasteiger partial charge < -0.3 is 10.4 Å². The minimum absolute atomic E-state index is 0.157. The van der Waals surface area contributed by atoms with Gasteiger partial charge >= 0.3 is 0 Å². The number of likely N-dealkylation sites (tertiary alicyclic amines) is 1. The van der Waals surface area contributed by atoms with Gasteiger partial charge in [0.1, 0.15) is 0 Å². The summed E-state index contributed by atoms with van der Waals surface area (Å²) in [5.41, 5.74) is 0. The molecule has 3 heteroatoms. The quantitative estimate of drug-likeness (QED) is 0.647. The van der Waals surface area contributed by atoms with Crippen LogP contribution in [-0.2, 0) is 0 Å². The second-order valence-electron chi connectivity index (χ2n) is 4.73. The summed E-state index contributed by atoms with van der Waals surface area (Å²) in [5, 5.41) is 13.1. The first-order valence-electron chi connectivity index (χ1n) is 5.93. The van der Waals surface area contributed by atoms with E-state index < -0.39 is 0 Å². The molecular weight excluding hydrogens is 176 g/mol. The molecule has 3 atom stereocenters. The molecule has 0 radical (unpaired) electrons. The molecule has 2 aliphatic rings. The Morgan fingerprint density at radius 3 is 2.79 bits per heavy atom. The lowest BCUT2D eigenvalue weighted by molar-refractivity contribution is 0.0605. The molecule has 14 heavy (non-hydrogen) atoms. The standard InChI is InChI=1S/C11H22N2O/c1-9-5-3-2-4-6-13(9)10-7-12-8-11(10)14/h9-12,14H,2-8H2,1H3. The fourth-order valence-electron chi connectivity index (χ4n) is 2.78. The van der Waals surface area contributed by atoms with Gasteiger partial charge in [0, 0.05) is 25.2 Å². The molecule has 2 rings (SSSR count). The van der Waals surface area contributed by atoms with Crippen LogP contribution < -0.4 is 5.32 Å². The first-order valence-corrected chi connectivity index (χ1v) is 5.93. The minimum Gasteiger partial charge on any atom is -0.390 e. The van der Waals surface area contributed by atoms with Crippen molar-refractivity contribution in [1.82, 2.24) is 10.2 Å². The van der Waals surface area contributed by atoms with Gasteiger partial charge in [0.2, 0.25) is 0 Å². The maximum Gasteiger partial charge on any atom is 0.0831 e. The summed E-state index contributed by atoms with van der Waals surface area (Å²) >= 11 is 0. The highest BCUT2D eigenvalue weighted by atomic mass is 16.3. The fraction of sp³-hybridized carbons (Fsp3) is 1.00. The largest absolute Gasteiger partial charge is 0.390 e. The van der Waals surface area contributed by atoms with Gasteiger partial charge in [-0.3, -0.25) is 4.90 Å². The number of nitrogens with one attached hydrogen (secondary N) is 1. The van der Waals surface area contributed by atoms with E-state index in [1.807, 2.05) is 0 Å². The Labute approximate surface area is 86.5 Å². The Bertz CT molecular complexity index is 186. The van der Waals surface area contributed by atoms with E-state index in [4.69, 9.17) is 0 Å². The third-order valence-corrected chi connectivity index (χ3v) is 3.68. The molecular formula is C11H22N2O. The van der Waals surface area contributed by atoms with E-state index in [2.05, 4.69) is 17.1 Å². The van der Waals surface area contributed by atoms with Crippen LogP contribution >= 0.6 is 0 Å². The Morgan fingerprint density at radius 1 is 1.21 bits per heavy atom. The van der Waals surface area contributed by atoms with Crippen LogP contribution in [-0.4, -0.2) is 47.8 Å². The van der Waals surface area contributed by atoms with Crippen molar-refractivity contribution < 1.29 is 5.11 Å². The number of aliphatic hydroxyl groups excluding tert-OH is 1. The van der Waals surface area contributed by atoms with E-state index in [-0.39, 0.29) is 6.10 Å². The molecule has 0 saturated carbocycles. The highest BCUT2D eigenvalue weighted by molar-refractivity contribution is 4.91. The van der Waals surface area contributed by atoms with Crippen LogP contribution in [0.15, 0.2) is 0 Å². The van der Waals surface area contributed by atoms with Crippen LogP contribution in [0.4, 0.5) is 0 Å². The molecule has 0 aromatic rings. The maximum absolute atomic E-state index is 9.85. The molecule has 0 bridgehead atoms. The lowest BCUT2D eigenvalue weighted by Gasteiger charge is -2.34. The van der Waals surface area contributed by atoms with E-state index in [1.165, 1.54) is 32.2 Å². The average molecular weight is 198 g/mol. The van der Waals surface area contributed by atoms with Crippen molar-refractivity contribution in [3.8, 4) is 0 Å². The summed E-state index contributed by atoms with van der Waals surface area (Å²) in [6, 6.07) is 1.01. The van der Waals surface area contributed by atoms with Crippen LogP contribution in [0.25, 0.3) is 0 Å². The van der Waals surface area contributed by atoms with Crippen molar-refractivity contribution in [3.05, 3.63) is 0 Å². The number of hydrogen-bond donors (Lipinski definition) is 2. The van der Waals surface area contributed by atoms with Gasteiger partial charge in [0.05, 0.1) is 6.10 Å². The molecule has 2 aliphatic heterocycles. The summed E-state index contributed by atoms with van der Waals surface area (Å²) < 4.78 is 0. The molecule has 2 saturated heterocycles. The first-order chi connectivity index (χ1) is 6.79. The summed E-state index contributed by atoms with van der Waals surface area (Å²) in [7, 11) is 0. The Kier molecular flexibility index (Phi) is 3.42. The Morgan fingerprint density at radius 2 is 2.07 bits per heavy atom. The molecule has 0 aromatic heterocycles. The summed E-state index contributed by atoms with van der Waals surface area (Å²) in [6.45, 7) is 5.21. The van der Waals surface area contributed by atoms with Gasteiger partial charge in [0.25, 0.3) is 0 Å². The lowest BCUT2D eigenvalue weighted by atomic mass is 10.1. The molecule has 2 N–H and O–H groups in total. The summed E-state index contributed by atoms with van der Waals surface area (Å²) in [4.78, 5) is 2.51. The molecule has 0 aromatic carbocycles. The van der Waals surface area contributed by atoms with E-state index >= 15 is 0 Å². The van der Waals surface area contributed by atoms with Crippen LogP contribution in [0, 0.1) is 0 Å². The third kappa shape index (κ3) is 2.10. The van der Waals surface area contributed by atoms with Gasteiger partial charge in [-0.15, -0.1) is 0 Å². The van der Waals surface area contributed by atoms with Gasteiger partial charge in [0.15, 0.2) is 0 Å². The molecule has 3 unspecified atom stereocenters. The Hall–Kier alpha value is -0.120. The SMILES string of the molecule is CC1CCCCCN1C1CNCC1O. The molecule has 0 aliphatic carbocycles. The van der Waals surface area contributed by atoms with Crippen molar-refractivity contribution in [2.24, 2.45) is 0 Å². The first kappa shape index (κ1) is 10.4. The number of rotatable bonds is 1. The predicted octanol–water partition coefficient (Wildman–Crippen LogP) is 0.584. The van der Waals surface area contributed by atoms with Crippen molar-refractivity contribution in [2.45, 2.75) is 50.8 Å². The van der Waals surface area contributed by atoms with Gasteiger partial charge in [-0.1, -0.05) is 12.8 Å². The van der Waals surface area contributed by atoms with E-state index in [0.29, 0.717) is 12.1 Å². The highest BCUT2D eigenvalue weighted by Crippen LogP contribution is 2.21. The van der Waals surface area contributed by atoms with Crippen LogP contribution in [0.5, 0.6) is 0 Å². The van der Waals surface area contributed by atoms with Crippen LogP contribution in [0.3, 0.4) is 0 Å². The maximum atomic E-state index is 9.85. The molecule has 2 fully saturated rings. The monoisotopic (exact) mass is 198 g/mol. The van der Waals surface area contributed by atoms with Crippen molar-refractivity contribution >= 4 is 0 Å². The van der Waals surface area contributed by atoms with Crippen LogP contribution in [0.2, 0.25) is 0 Å². The van der Waals surface area contributed by atoms with Crippen molar-refractivity contribution in [3.63, 3.8) is 0 Å². The van der Waals surface area contributed by atoms with Crippen LogP contribution in [0.1, 0.15) is 32.6 Å². The lowest BCUT2D eigenvalue weighted by Crippen LogP contribution is -2.47. The van der Waals surface area contributed by atoms with E-state index in [1.54, 1.807) is 0 Å². The zero-order chi connectivity index (χ0) is 9.97. The number of aliphatic hydroxyl groups is 1. The average Bonchev–Trinajstić information content (AvgIpc) is 2.46. The van der Waals surface area contributed by atoms with E-state index in [9.17, 15) is 5.11 Å². The fourth-order valence-corrected chi connectivity index (χ4v) is 2.78. The molecule has 82 valence electrons. The topological polar surface area (TPSA) is 35.5 Å². The number of nitrogens with zero attached hydrogens (tertiary/aromatic N) is 1. The normalized spacial score (nSPS) is 41.1. The van der Waals surface area contributed by atoms with E-state index in [0.717, 1.165) is 13.1 Å². The zero-order valence-electron chi connectivity index (χ0n) is 9.08. The zero-order valence-corrected chi connectivity index (χ0v) is 9.08. The number of hydrogen-bond acceptors (Lipinski definition) is 3. The third-order valence-electron chi connectivity index (χ3n) is 3.68. The molecule has 2 heterocycles. The van der Waals surface area contributed by atoms with Gasteiger partial charge in [-0.05, 0) is 26.3 Å². The summed E-state index contributed by atoms with van der Waals surface area (Å²) in [6.07, 6.45) is 5.15.